The number of nitro groups is 2. The van der Waals surface area contributed by atoms with Gasteiger partial charge in [-0.3, -0.25) is 25.0 Å². The van der Waals surface area contributed by atoms with E-state index in [2.05, 4.69) is 5.32 Å². The van der Waals surface area contributed by atoms with Crippen LogP contribution in [-0.4, -0.2) is 15.8 Å². The summed E-state index contributed by atoms with van der Waals surface area (Å²) in [5, 5.41) is 24.1. The highest BCUT2D eigenvalue weighted by Crippen LogP contribution is 2.24. The van der Waals surface area contributed by atoms with E-state index in [4.69, 9.17) is 9.15 Å². The van der Waals surface area contributed by atoms with Crippen molar-refractivity contribution in [3.8, 4) is 5.75 Å². The summed E-state index contributed by atoms with van der Waals surface area (Å²) in [4.78, 5) is 32.8. The predicted octanol–water partition coefficient (Wildman–Crippen LogP) is 3.93. The number of nitro benzene ring substituents is 2. The van der Waals surface area contributed by atoms with Gasteiger partial charge in [-0.2, -0.15) is 0 Å². The number of non-ortho nitro benzene ring substituents is 1. The van der Waals surface area contributed by atoms with E-state index in [1.54, 1.807) is 6.07 Å². The van der Waals surface area contributed by atoms with Gasteiger partial charge >= 0.3 is 0 Å². The van der Waals surface area contributed by atoms with Crippen LogP contribution in [-0.2, 0) is 6.61 Å². The molecule has 0 saturated carbocycles. The van der Waals surface area contributed by atoms with Crippen molar-refractivity contribution in [3.63, 3.8) is 0 Å². The van der Waals surface area contributed by atoms with Gasteiger partial charge in [0, 0.05) is 18.2 Å². The fraction of sp³-hybridized carbons (Fsp3) is 0.0556. The van der Waals surface area contributed by atoms with Gasteiger partial charge in [0.15, 0.2) is 5.76 Å². The van der Waals surface area contributed by atoms with Crippen LogP contribution in [0.25, 0.3) is 0 Å². The third-order valence-corrected chi connectivity index (χ3v) is 3.66. The first-order valence-electron chi connectivity index (χ1n) is 7.95. The van der Waals surface area contributed by atoms with Crippen LogP contribution in [0.2, 0.25) is 0 Å². The van der Waals surface area contributed by atoms with E-state index >= 15 is 0 Å². The number of amides is 1. The van der Waals surface area contributed by atoms with E-state index in [1.165, 1.54) is 54.6 Å². The summed E-state index contributed by atoms with van der Waals surface area (Å²) in [6.07, 6.45) is 0. The molecule has 0 aliphatic rings. The number of carbonyl (C=O) groups excluding carboxylic acids is 1. The molecule has 10 heteroatoms. The second kappa shape index (κ2) is 7.99. The summed E-state index contributed by atoms with van der Waals surface area (Å²) >= 11 is 0. The molecule has 1 N–H and O–H groups in total. The van der Waals surface area contributed by atoms with Gasteiger partial charge in [-0.15, -0.1) is 0 Å². The van der Waals surface area contributed by atoms with Crippen LogP contribution < -0.4 is 10.1 Å². The average Bonchev–Trinajstić information content (AvgIpc) is 3.16. The molecule has 1 amide bonds. The Morgan fingerprint density at radius 1 is 0.964 bits per heavy atom. The smallest absolute Gasteiger partial charge is 0.292 e. The minimum Gasteiger partial charge on any atom is -0.486 e. The molecule has 10 nitrogen and oxygen atoms in total. The zero-order chi connectivity index (χ0) is 20.1. The van der Waals surface area contributed by atoms with Crippen molar-refractivity contribution in [2.24, 2.45) is 0 Å². The van der Waals surface area contributed by atoms with E-state index in [0.29, 0.717) is 11.5 Å². The van der Waals surface area contributed by atoms with Crippen molar-refractivity contribution in [2.75, 3.05) is 5.32 Å². The number of nitrogens with one attached hydrogen (secondary N) is 1. The van der Waals surface area contributed by atoms with Crippen LogP contribution >= 0.6 is 0 Å². The van der Waals surface area contributed by atoms with Crippen molar-refractivity contribution in [1.82, 2.24) is 0 Å². The molecule has 1 heterocycles. The number of benzene rings is 2. The van der Waals surface area contributed by atoms with Crippen LogP contribution in [0.4, 0.5) is 17.1 Å². The van der Waals surface area contributed by atoms with Crippen molar-refractivity contribution in [1.29, 1.82) is 0 Å². The van der Waals surface area contributed by atoms with Crippen LogP contribution in [0.1, 0.15) is 16.3 Å². The lowest BCUT2D eigenvalue weighted by Gasteiger charge is -2.05. The molecule has 0 aliphatic heterocycles. The summed E-state index contributed by atoms with van der Waals surface area (Å²) in [5.74, 6) is 0.0512. The SMILES string of the molecule is O=C(Nc1ccccc1[N+](=O)[O-])c1ccc(COc2ccc([N+](=O)[O-])cc2)o1. The molecule has 28 heavy (non-hydrogen) atoms. The summed E-state index contributed by atoms with van der Waals surface area (Å²) in [6, 6.07) is 14.2. The average molecular weight is 383 g/mol. The highest BCUT2D eigenvalue weighted by molar-refractivity contribution is 6.03. The number of rotatable bonds is 7. The molecule has 0 atom stereocenters. The molecule has 3 aromatic rings. The minimum atomic E-state index is -0.643. The summed E-state index contributed by atoms with van der Waals surface area (Å²) in [5.41, 5.74) is -0.235. The molecule has 3 rings (SSSR count). The number of ether oxygens (including phenoxy) is 1. The molecule has 2 aromatic carbocycles. The van der Waals surface area contributed by atoms with E-state index in [0.717, 1.165) is 0 Å². The molecule has 0 saturated heterocycles. The zero-order valence-electron chi connectivity index (χ0n) is 14.2. The summed E-state index contributed by atoms with van der Waals surface area (Å²) in [7, 11) is 0. The van der Waals surface area contributed by atoms with Crippen LogP contribution in [0, 0.1) is 20.2 Å². The lowest BCUT2D eigenvalue weighted by molar-refractivity contribution is -0.384. The number of furan rings is 1. The van der Waals surface area contributed by atoms with E-state index in [9.17, 15) is 25.0 Å². The molecule has 0 unspecified atom stereocenters. The number of hydrogen-bond acceptors (Lipinski definition) is 7. The van der Waals surface area contributed by atoms with Gasteiger partial charge in [0.05, 0.1) is 9.85 Å². The highest BCUT2D eigenvalue weighted by Gasteiger charge is 2.18. The molecule has 0 aliphatic carbocycles. The second-order valence-electron chi connectivity index (χ2n) is 5.53. The molecular weight excluding hydrogens is 370 g/mol. The van der Waals surface area contributed by atoms with Gasteiger partial charge in [-0.05, 0) is 30.3 Å². The van der Waals surface area contributed by atoms with Gasteiger partial charge < -0.3 is 14.5 Å². The van der Waals surface area contributed by atoms with Gasteiger partial charge in [0.2, 0.25) is 0 Å². The zero-order valence-corrected chi connectivity index (χ0v) is 14.2. The Labute approximate surface area is 157 Å². The van der Waals surface area contributed by atoms with Crippen LogP contribution in [0.3, 0.4) is 0 Å². The normalized spacial score (nSPS) is 10.3. The first-order chi connectivity index (χ1) is 13.4. The third kappa shape index (κ3) is 4.30. The largest absolute Gasteiger partial charge is 0.486 e. The molecule has 0 radical (unpaired) electrons. The molecule has 0 fully saturated rings. The fourth-order valence-electron chi connectivity index (χ4n) is 2.32. The Hall–Kier alpha value is -4.21. The summed E-state index contributed by atoms with van der Waals surface area (Å²) < 4.78 is 10.8. The monoisotopic (exact) mass is 383 g/mol. The number of carbonyl (C=O) groups is 1. The van der Waals surface area contributed by atoms with Gasteiger partial charge in [-0.25, -0.2) is 0 Å². The topological polar surface area (TPSA) is 138 Å². The number of hydrogen-bond donors (Lipinski definition) is 1. The van der Waals surface area contributed by atoms with Gasteiger partial charge in [0.1, 0.15) is 23.8 Å². The Balaban J connectivity index is 1.63. The Bertz CT molecular complexity index is 1030. The van der Waals surface area contributed by atoms with Gasteiger partial charge in [-0.1, -0.05) is 12.1 Å². The van der Waals surface area contributed by atoms with E-state index in [-0.39, 0.29) is 29.4 Å². The minimum absolute atomic E-state index is 0.00340. The van der Waals surface area contributed by atoms with E-state index in [1.807, 2.05) is 0 Å². The Kier molecular flexibility index (Phi) is 5.30. The number of para-hydroxylation sites is 2. The second-order valence-corrected chi connectivity index (χ2v) is 5.53. The van der Waals surface area contributed by atoms with Crippen LogP contribution in [0.15, 0.2) is 65.1 Å². The van der Waals surface area contributed by atoms with Crippen LogP contribution in [0.5, 0.6) is 5.75 Å². The standard InChI is InChI=1S/C18H13N3O7/c22-18(19-15-3-1-2-4-16(15)21(25)26)17-10-9-14(28-17)11-27-13-7-5-12(6-8-13)20(23)24/h1-10H,11H2,(H,19,22). The summed E-state index contributed by atoms with van der Waals surface area (Å²) in [6.45, 7) is -0.00340. The van der Waals surface area contributed by atoms with Crippen molar-refractivity contribution in [2.45, 2.75) is 6.61 Å². The molecule has 0 bridgehead atoms. The van der Waals surface area contributed by atoms with Crippen molar-refractivity contribution < 1.29 is 23.8 Å². The Morgan fingerprint density at radius 2 is 1.68 bits per heavy atom. The van der Waals surface area contributed by atoms with Crippen molar-refractivity contribution >= 4 is 23.0 Å². The fourth-order valence-corrected chi connectivity index (χ4v) is 2.32. The van der Waals surface area contributed by atoms with Gasteiger partial charge in [0.25, 0.3) is 17.3 Å². The maximum Gasteiger partial charge on any atom is 0.292 e. The number of nitrogens with zero attached hydrogens (tertiary/aromatic N) is 2. The lowest BCUT2D eigenvalue weighted by atomic mass is 10.2. The van der Waals surface area contributed by atoms with Crippen molar-refractivity contribution in [3.05, 3.63) is 92.4 Å². The predicted molar refractivity (Wildman–Crippen MR) is 97.2 cm³/mol. The molecule has 0 spiro atoms. The number of anilines is 1. The third-order valence-electron chi connectivity index (χ3n) is 3.66. The quantitative estimate of drug-likeness (QED) is 0.482. The lowest BCUT2D eigenvalue weighted by Crippen LogP contribution is -2.12. The highest BCUT2D eigenvalue weighted by atomic mass is 16.6. The maximum atomic E-state index is 12.2. The molecule has 1 aromatic heterocycles. The molecular formula is C18H13N3O7. The van der Waals surface area contributed by atoms with E-state index < -0.39 is 15.8 Å². The first-order valence-corrected chi connectivity index (χ1v) is 7.95. The maximum absolute atomic E-state index is 12.2. The first kappa shape index (κ1) is 18.6. The molecule has 142 valence electrons. The Morgan fingerprint density at radius 3 is 2.36 bits per heavy atom.